The summed E-state index contributed by atoms with van der Waals surface area (Å²) in [6, 6.07) is 9.47. The lowest BCUT2D eigenvalue weighted by atomic mass is 9.52. The van der Waals surface area contributed by atoms with Gasteiger partial charge in [-0.15, -0.1) is 0 Å². The van der Waals surface area contributed by atoms with Gasteiger partial charge < -0.3 is 4.74 Å². The van der Waals surface area contributed by atoms with Gasteiger partial charge in [0.1, 0.15) is 11.5 Å². The van der Waals surface area contributed by atoms with E-state index in [9.17, 15) is 4.79 Å². The van der Waals surface area contributed by atoms with Crippen LogP contribution in [0.3, 0.4) is 0 Å². The van der Waals surface area contributed by atoms with Crippen molar-refractivity contribution in [2.75, 3.05) is 6.61 Å². The number of carbonyl (C=O) groups is 1. The van der Waals surface area contributed by atoms with Crippen molar-refractivity contribution in [2.24, 2.45) is 10.8 Å². The Morgan fingerprint density at radius 1 is 1.12 bits per heavy atom. The van der Waals surface area contributed by atoms with Crippen molar-refractivity contribution in [3.8, 4) is 11.8 Å². The monoisotopic (exact) mass is 325 g/mol. The fraction of sp³-hybridized carbons (Fsp3) is 0.619. The van der Waals surface area contributed by atoms with Crippen LogP contribution in [0.15, 0.2) is 24.3 Å². The molecule has 0 saturated heterocycles. The molecule has 0 radical (unpaired) electrons. The number of hydrogen-bond donors (Lipinski definition) is 0. The Balaban J connectivity index is 1.56. The van der Waals surface area contributed by atoms with Gasteiger partial charge in [-0.2, -0.15) is 5.26 Å². The van der Waals surface area contributed by atoms with Crippen LogP contribution in [0.2, 0.25) is 0 Å². The van der Waals surface area contributed by atoms with Gasteiger partial charge in [-0.05, 0) is 69.2 Å². The second kappa shape index (κ2) is 6.97. The second-order valence-electron chi connectivity index (χ2n) is 7.73. The van der Waals surface area contributed by atoms with Crippen molar-refractivity contribution in [1.29, 1.82) is 5.26 Å². The van der Waals surface area contributed by atoms with E-state index in [4.69, 9.17) is 10.00 Å². The van der Waals surface area contributed by atoms with E-state index in [1.54, 1.807) is 12.1 Å². The first-order chi connectivity index (χ1) is 11.6. The molecule has 0 amide bonds. The van der Waals surface area contributed by atoms with Crippen LogP contribution in [0.4, 0.5) is 0 Å². The molecule has 128 valence electrons. The number of nitrogens with zero attached hydrogens (tertiary/aromatic N) is 1. The Morgan fingerprint density at radius 2 is 1.75 bits per heavy atom. The quantitative estimate of drug-likeness (QED) is 0.706. The maximum Gasteiger partial charge on any atom is 0.139 e. The van der Waals surface area contributed by atoms with Gasteiger partial charge in [-0.1, -0.05) is 13.3 Å². The Hall–Kier alpha value is -1.82. The van der Waals surface area contributed by atoms with E-state index in [0.29, 0.717) is 11.3 Å². The predicted octanol–water partition coefficient (Wildman–Crippen LogP) is 5.04. The molecule has 4 rings (SSSR count). The molecule has 0 N–H and O–H groups in total. The molecule has 0 aliphatic heterocycles. The largest absolute Gasteiger partial charge is 0.493 e. The van der Waals surface area contributed by atoms with E-state index in [-0.39, 0.29) is 10.8 Å². The molecule has 3 aliphatic carbocycles. The number of Topliss-reactive ketones (excluding diaryl/α,β-unsaturated/α-hetero) is 1. The molecular formula is C21H27NO2. The maximum atomic E-state index is 12.6. The average Bonchev–Trinajstić information content (AvgIpc) is 2.66. The van der Waals surface area contributed by atoms with E-state index in [2.05, 4.69) is 13.0 Å². The zero-order valence-corrected chi connectivity index (χ0v) is 14.6. The minimum Gasteiger partial charge on any atom is -0.493 e. The molecule has 2 bridgehead atoms. The predicted molar refractivity (Wildman–Crippen MR) is 93.8 cm³/mol. The molecule has 0 spiro atoms. The number of ether oxygens (including phenoxy) is 1. The van der Waals surface area contributed by atoms with Gasteiger partial charge in [-0.3, -0.25) is 4.79 Å². The summed E-state index contributed by atoms with van der Waals surface area (Å²) in [5.74, 6) is 1.36. The third kappa shape index (κ3) is 3.34. The van der Waals surface area contributed by atoms with Crippen molar-refractivity contribution in [3.63, 3.8) is 0 Å². The number of benzene rings is 1. The summed E-state index contributed by atoms with van der Waals surface area (Å²) in [4.78, 5) is 12.6. The topological polar surface area (TPSA) is 50.1 Å². The maximum absolute atomic E-state index is 12.6. The molecule has 3 saturated carbocycles. The van der Waals surface area contributed by atoms with Crippen LogP contribution in [-0.4, -0.2) is 12.4 Å². The van der Waals surface area contributed by atoms with Crippen molar-refractivity contribution in [1.82, 2.24) is 0 Å². The molecule has 3 heteroatoms. The molecule has 0 unspecified atom stereocenters. The molecule has 3 aliphatic rings. The Bertz CT molecular complexity index is 602. The van der Waals surface area contributed by atoms with Crippen LogP contribution in [0.25, 0.3) is 0 Å². The fourth-order valence-corrected chi connectivity index (χ4v) is 4.36. The molecular weight excluding hydrogens is 298 g/mol. The van der Waals surface area contributed by atoms with E-state index in [1.807, 2.05) is 12.1 Å². The van der Waals surface area contributed by atoms with Crippen LogP contribution in [0.1, 0.15) is 70.3 Å². The van der Waals surface area contributed by atoms with Crippen molar-refractivity contribution >= 4 is 5.78 Å². The summed E-state index contributed by atoms with van der Waals surface area (Å²) in [5.41, 5.74) is 0.901. The molecule has 0 atom stereocenters. The Labute approximate surface area is 145 Å². The zero-order chi connectivity index (χ0) is 17.0. The molecule has 0 aromatic heterocycles. The van der Waals surface area contributed by atoms with Crippen LogP contribution in [0, 0.1) is 22.2 Å². The summed E-state index contributed by atoms with van der Waals surface area (Å²) in [5, 5.41) is 8.85. The number of unbranched alkanes of at least 4 members (excludes halogenated alkanes) is 1. The van der Waals surface area contributed by atoms with Gasteiger partial charge in [0.15, 0.2) is 0 Å². The summed E-state index contributed by atoms with van der Waals surface area (Å²) in [6.45, 7) is 2.89. The van der Waals surface area contributed by atoms with Crippen LogP contribution in [0.5, 0.6) is 5.75 Å². The molecule has 3 fully saturated rings. The van der Waals surface area contributed by atoms with Crippen LogP contribution >= 0.6 is 0 Å². The minimum absolute atomic E-state index is 0.00857. The highest BCUT2D eigenvalue weighted by Gasteiger charge is 2.51. The number of fused-ring (bicyclic) bond motifs is 3. The van der Waals surface area contributed by atoms with E-state index >= 15 is 0 Å². The van der Waals surface area contributed by atoms with Gasteiger partial charge in [0, 0.05) is 17.3 Å². The number of ketones is 1. The van der Waals surface area contributed by atoms with Crippen molar-refractivity contribution in [2.45, 2.75) is 64.7 Å². The highest BCUT2D eigenvalue weighted by molar-refractivity contribution is 5.85. The molecule has 1 aromatic rings. The lowest BCUT2D eigenvalue weighted by Gasteiger charge is -2.52. The SMILES string of the molecule is CCCCC(=O)C12CCC(COc3ccc(C#N)cc3)(CC1)CC2. The number of carbonyl (C=O) groups excluding carboxylic acids is 1. The average molecular weight is 325 g/mol. The number of hydrogen-bond acceptors (Lipinski definition) is 3. The van der Waals surface area contributed by atoms with Gasteiger partial charge in [0.05, 0.1) is 18.2 Å². The highest BCUT2D eigenvalue weighted by atomic mass is 16.5. The van der Waals surface area contributed by atoms with Gasteiger partial charge in [0.2, 0.25) is 0 Å². The Kier molecular flexibility index (Phi) is 4.94. The van der Waals surface area contributed by atoms with E-state index < -0.39 is 0 Å². The number of nitriles is 1. The highest BCUT2D eigenvalue weighted by Crippen LogP contribution is 2.57. The lowest BCUT2D eigenvalue weighted by molar-refractivity contribution is -0.139. The lowest BCUT2D eigenvalue weighted by Crippen LogP contribution is -2.48. The molecule has 1 aromatic carbocycles. The summed E-state index contributed by atoms with van der Waals surface area (Å²) >= 11 is 0. The van der Waals surface area contributed by atoms with E-state index in [1.165, 1.54) is 0 Å². The van der Waals surface area contributed by atoms with Crippen molar-refractivity contribution < 1.29 is 9.53 Å². The first-order valence-corrected chi connectivity index (χ1v) is 9.28. The smallest absolute Gasteiger partial charge is 0.139 e. The van der Waals surface area contributed by atoms with Gasteiger partial charge in [-0.25, -0.2) is 0 Å². The fourth-order valence-electron chi connectivity index (χ4n) is 4.36. The van der Waals surface area contributed by atoms with Crippen LogP contribution in [-0.2, 0) is 4.79 Å². The number of rotatable bonds is 7. The Morgan fingerprint density at radius 3 is 2.29 bits per heavy atom. The summed E-state index contributed by atoms with van der Waals surface area (Å²) in [7, 11) is 0. The normalized spacial score (nSPS) is 28.3. The first-order valence-electron chi connectivity index (χ1n) is 9.28. The minimum atomic E-state index is -0.00857. The van der Waals surface area contributed by atoms with Gasteiger partial charge >= 0.3 is 0 Å². The molecule has 3 nitrogen and oxygen atoms in total. The van der Waals surface area contributed by atoms with Gasteiger partial charge in [0.25, 0.3) is 0 Å². The molecule has 24 heavy (non-hydrogen) atoms. The second-order valence-corrected chi connectivity index (χ2v) is 7.73. The zero-order valence-electron chi connectivity index (χ0n) is 14.6. The first kappa shape index (κ1) is 17.0. The van der Waals surface area contributed by atoms with Crippen LogP contribution < -0.4 is 4.74 Å². The third-order valence-corrected chi connectivity index (χ3v) is 6.28. The standard InChI is InChI=1S/C21H27NO2/c1-2-3-4-19(23)21-12-9-20(10-13-21,11-14-21)16-24-18-7-5-17(15-22)6-8-18/h5-8H,2-4,9-14,16H2,1H3. The van der Waals surface area contributed by atoms with Crippen molar-refractivity contribution in [3.05, 3.63) is 29.8 Å². The van der Waals surface area contributed by atoms with E-state index in [0.717, 1.165) is 70.1 Å². The molecule has 0 heterocycles. The summed E-state index contributed by atoms with van der Waals surface area (Å²) < 4.78 is 6.03. The third-order valence-electron chi connectivity index (χ3n) is 6.28. The summed E-state index contributed by atoms with van der Waals surface area (Å²) in [6.07, 6.45) is 9.39.